The SMILES string of the molecule is CCc1nccn1CCC(=O)N1CCCC2(C=Cc3ccccc3O2)CC1. The van der Waals surface area contributed by atoms with E-state index >= 15 is 0 Å². The number of hydrogen-bond donors (Lipinski definition) is 0. The van der Waals surface area contributed by atoms with Crippen LogP contribution in [0.3, 0.4) is 0 Å². The first-order valence-electron chi connectivity index (χ1n) is 9.94. The molecule has 1 spiro atoms. The molecule has 1 fully saturated rings. The number of para-hydroxylation sites is 1. The van der Waals surface area contributed by atoms with E-state index in [-0.39, 0.29) is 11.5 Å². The number of aryl methyl sites for hydroxylation is 2. The second-order valence-corrected chi connectivity index (χ2v) is 7.41. The Hall–Kier alpha value is -2.56. The molecule has 0 bridgehead atoms. The van der Waals surface area contributed by atoms with E-state index < -0.39 is 0 Å². The van der Waals surface area contributed by atoms with Crippen molar-refractivity contribution in [3.05, 3.63) is 54.1 Å². The van der Waals surface area contributed by atoms with Crippen LogP contribution >= 0.6 is 0 Å². The lowest BCUT2D eigenvalue weighted by Crippen LogP contribution is -2.38. The number of ether oxygens (including phenoxy) is 1. The Morgan fingerprint density at radius 2 is 2.15 bits per heavy atom. The normalized spacial score (nSPS) is 21.6. The molecule has 5 nitrogen and oxygen atoms in total. The summed E-state index contributed by atoms with van der Waals surface area (Å²) in [6, 6.07) is 8.15. The van der Waals surface area contributed by atoms with Crippen molar-refractivity contribution >= 4 is 12.0 Å². The fourth-order valence-corrected chi connectivity index (χ4v) is 4.09. The average molecular weight is 365 g/mol. The minimum Gasteiger partial charge on any atom is -0.483 e. The zero-order valence-corrected chi connectivity index (χ0v) is 15.9. The number of fused-ring (bicyclic) bond motifs is 1. The van der Waals surface area contributed by atoms with Gasteiger partial charge in [-0.25, -0.2) is 4.98 Å². The maximum absolute atomic E-state index is 12.7. The van der Waals surface area contributed by atoms with Crippen LogP contribution < -0.4 is 4.74 Å². The molecule has 0 saturated carbocycles. The van der Waals surface area contributed by atoms with E-state index in [1.165, 1.54) is 0 Å². The van der Waals surface area contributed by atoms with Crippen molar-refractivity contribution < 1.29 is 9.53 Å². The van der Waals surface area contributed by atoms with Gasteiger partial charge < -0.3 is 14.2 Å². The van der Waals surface area contributed by atoms with E-state index in [4.69, 9.17) is 4.74 Å². The maximum Gasteiger partial charge on any atom is 0.224 e. The van der Waals surface area contributed by atoms with Crippen LogP contribution in [-0.4, -0.2) is 39.0 Å². The van der Waals surface area contributed by atoms with Crippen molar-refractivity contribution in [2.75, 3.05) is 13.1 Å². The van der Waals surface area contributed by atoms with E-state index in [9.17, 15) is 4.79 Å². The van der Waals surface area contributed by atoms with E-state index in [0.717, 1.165) is 55.9 Å². The second-order valence-electron chi connectivity index (χ2n) is 7.41. The fraction of sp³-hybridized carbons (Fsp3) is 0.455. The first-order chi connectivity index (χ1) is 13.2. The van der Waals surface area contributed by atoms with Gasteiger partial charge in [0.15, 0.2) is 0 Å². The standard InChI is InChI=1S/C22H27N3O2/c1-2-20-23-13-17-24(20)15-9-21(26)25-14-5-10-22(12-16-25)11-8-18-6-3-4-7-19(18)27-22/h3-4,6-8,11,13,17H,2,5,9-10,12,14-16H2,1H3. The van der Waals surface area contributed by atoms with Gasteiger partial charge in [-0.3, -0.25) is 4.79 Å². The summed E-state index contributed by atoms with van der Waals surface area (Å²) in [5, 5.41) is 0. The van der Waals surface area contributed by atoms with Gasteiger partial charge in [-0.2, -0.15) is 0 Å². The highest BCUT2D eigenvalue weighted by Crippen LogP contribution is 2.36. The van der Waals surface area contributed by atoms with Gasteiger partial charge in [0, 0.05) is 56.9 Å². The van der Waals surface area contributed by atoms with Gasteiger partial charge in [0.1, 0.15) is 17.2 Å². The molecule has 0 aliphatic carbocycles. The molecule has 1 aromatic heterocycles. The summed E-state index contributed by atoms with van der Waals surface area (Å²) in [5.74, 6) is 2.21. The minimum absolute atomic E-state index is 0.225. The van der Waals surface area contributed by atoms with Crippen LogP contribution in [-0.2, 0) is 17.8 Å². The maximum atomic E-state index is 12.7. The van der Waals surface area contributed by atoms with Crippen molar-refractivity contribution in [1.82, 2.24) is 14.5 Å². The summed E-state index contributed by atoms with van der Waals surface area (Å²) in [6.07, 6.45) is 12.3. The highest BCUT2D eigenvalue weighted by Gasteiger charge is 2.35. The van der Waals surface area contributed by atoms with Crippen molar-refractivity contribution in [2.24, 2.45) is 0 Å². The van der Waals surface area contributed by atoms with Crippen molar-refractivity contribution in [3.63, 3.8) is 0 Å². The number of carbonyl (C=O) groups excluding carboxylic acids is 1. The van der Waals surface area contributed by atoms with Gasteiger partial charge in [-0.1, -0.05) is 31.2 Å². The van der Waals surface area contributed by atoms with Crippen LogP contribution in [0.25, 0.3) is 6.08 Å². The quantitative estimate of drug-likeness (QED) is 0.830. The molecular formula is C22H27N3O2. The summed E-state index contributed by atoms with van der Waals surface area (Å²) in [6.45, 7) is 4.35. The topological polar surface area (TPSA) is 47.4 Å². The number of likely N-dealkylation sites (tertiary alicyclic amines) is 1. The Morgan fingerprint density at radius 3 is 3.04 bits per heavy atom. The van der Waals surface area contributed by atoms with Crippen molar-refractivity contribution in [2.45, 2.75) is 51.2 Å². The molecule has 27 heavy (non-hydrogen) atoms. The molecule has 1 saturated heterocycles. The summed E-state index contributed by atoms with van der Waals surface area (Å²) >= 11 is 0. The molecule has 1 atom stereocenters. The number of hydrogen-bond acceptors (Lipinski definition) is 3. The molecule has 142 valence electrons. The van der Waals surface area contributed by atoms with Gasteiger partial charge in [0.05, 0.1) is 0 Å². The Labute approximate surface area is 160 Å². The third kappa shape index (κ3) is 3.77. The van der Waals surface area contributed by atoms with E-state index in [1.807, 2.05) is 35.5 Å². The highest BCUT2D eigenvalue weighted by molar-refractivity contribution is 5.76. The van der Waals surface area contributed by atoms with Crippen LogP contribution in [0.1, 0.15) is 44.0 Å². The number of benzene rings is 1. The molecule has 2 aliphatic rings. The Kier molecular flexibility index (Phi) is 5.01. The fourth-order valence-electron chi connectivity index (χ4n) is 4.09. The van der Waals surface area contributed by atoms with Crippen LogP contribution in [0.5, 0.6) is 5.75 Å². The first-order valence-corrected chi connectivity index (χ1v) is 9.94. The molecule has 3 heterocycles. The number of rotatable bonds is 4. The third-order valence-electron chi connectivity index (χ3n) is 5.67. The number of nitrogens with zero attached hydrogens (tertiary/aromatic N) is 3. The molecule has 0 radical (unpaired) electrons. The molecule has 2 aliphatic heterocycles. The molecule has 5 heteroatoms. The number of carbonyl (C=O) groups is 1. The summed E-state index contributed by atoms with van der Waals surface area (Å²) in [4.78, 5) is 19.1. The lowest BCUT2D eigenvalue weighted by Gasteiger charge is -2.34. The largest absolute Gasteiger partial charge is 0.483 e. The molecular weight excluding hydrogens is 338 g/mol. The predicted octanol–water partition coefficient (Wildman–Crippen LogP) is 3.69. The van der Waals surface area contributed by atoms with Gasteiger partial charge in [0.25, 0.3) is 0 Å². The Bertz CT molecular complexity index is 842. The molecule has 1 unspecified atom stereocenters. The lowest BCUT2D eigenvalue weighted by atomic mass is 9.91. The van der Waals surface area contributed by atoms with Crippen LogP contribution in [0.15, 0.2) is 42.7 Å². The van der Waals surface area contributed by atoms with Crippen LogP contribution in [0.4, 0.5) is 0 Å². The van der Waals surface area contributed by atoms with Gasteiger partial charge in [-0.15, -0.1) is 0 Å². The first kappa shape index (κ1) is 17.8. The average Bonchev–Trinajstić information content (AvgIpc) is 3.06. The summed E-state index contributed by atoms with van der Waals surface area (Å²) in [5.41, 5.74) is 0.857. The summed E-state index contributed by atoms with van der Waals surface area (Å²) in [7, 11) is 0. The third-order valence-corrected chi connectivity index (χ3v) is 5.67. The number of amides is 1. The van der Waals surface area contributed by atoms with E-state index in [0.29, 0.717) is 13.0 Å². The minimum atomic E-state index is -0.275. The lowest BCUT2D eigenvalue weighted by molar-refractivity contribution is -0.131. The van der Waals surface area contributed by atoms with Gasteiger partial charge in [-0.05, 0) is 25.0 Å². The molecule has 2 aromatic rings. The van der Waals surface area contributed by atoms with Crippen LogP contribution in [0.2, 0.25) is 0 Å². The van der Waals surface area contributed by atoms with E-state index in [1.54, 1.807) is 0 Å². The smallest absolute Gasteiger partial charge is 0.224 e. The zero-order chi connectivity index (χ0) is 18.7. The van der Waals surface area contributed by atoms with Crippen LogP contribution in [0, 0.1) is 0 Å². The predicted molar refractivity (Wildman–Crippen MR) is 105 cm³/mol. The summed E-state index contributed by atoms with van der Waals surface area (Å²) < 4.78 is 8.46. The van der Waals surface area contributed by atoms with Gasteiger partial charge in [0.2, 0.25) is 5.91 Å². The highest BCUT2D eigenvalue weighted by atomic mass is 16.5. The monoisotopic (exact) mass is 365 g/mol. The number of aromatic nitrogens is 2. The Morgan fingerprint density at radius 1 is 1.26 bits per heavy atom. The molecule has 0 N–H and O–H groups in total. The zero-order valence-electron chi connectivity index (χ0n) is 15.9. The van der Waals surface area contributed by atoms with Gasteiger partial charge >= 0.3 is 0 Å². The molecule has 4 rings (SSSR count). The second kappa shape index (κ2) is 7.59. The van der Waals surface area contributed by atoms with Crippen molar-refractivity contribution in [1.29, 1.82) is 0 Å². The molecule has 1 amide bonds. The number of imidazole rings is 1. The van der Waals surface area contributed by atoms with Crippen molar-refractivity contribution in [3.8, 4) is 5.75 Å². The Balaban J connectivity index is 1.37. The molecule has 1 aromatic carbocycles. The van der Waals surface area contributed by atoms with E-state index in [2.05, 4.69) is 34.7 Å².